The summed E-state index contributed by atoms with van der Waals surface area (Å²) in [5.41, 5.74) is 1.27. The van der Waals surface area contributed by atoms with Crippen LogP contribution in [0.25, 0.3) is 0 Å². The molecule has 0 unspecified atom stereocenters. The van der Waals surface area contributed by atoms with Gasteiger partial charge in [0.2, 0.25) is 0 Å². The zero-order chi connectivity index (χ0) is 16.9. The highest BCUT2D eigenvalue weighted by Gasteiger charge is 2.22. The predicted octanol–water partition coefficient (Wildman–Crippen LogP) is 1.15. The van der Waals surface area contributed by atoms with Gasteiger partial charge in [-0.1, -0.05) is 37.3 Å². The Morgan fingerprint density at radius 3 is 2.75 bits per heavy atom. The maximum atomic E-state index is 10.4. The maximum Gasteiger partial charge on any atom is 0.147 e. The van der Waals surface area contributed by atoms with Crippen molar-refractivity contribution in [3.63, 3.8) is 0 Å². The fourth-order valence-electron chi connectivity index (χ4n) is 3.36. The van der Waals surface area contributed by atoms with Gasteiger partial charge in [-0.05, 0) is 12.6 Å². The van der Waals surface area contributed by atoms with Crippen LogP contribution in [0.5, 0.6) is 0 Å². The van der Waals surface area contributed by atoms with Gasteiger partial charge in [0.25, 0.3) is 0 Å². The molecule has 0 amide bonds. The molecular weight excluding hydrogens is 302 g/mol. The number of nitrogens with zero attached hydrogens (tertiary/aromatic N) is 5. The van der Waals surface area contributed by atoms with Crippen molar-refractivity contribution in [2.24, 2.45) is 0 Å². The molecular formula is C18H27N5O. The van der Waals surface area contributed by atoms with Crippen molar-refractivity contribution in [2.75, 3.05) is 26.7 Å². The van der Waals surface area contributed by atoms with Gasteiger partial charge in [0.15, 0.2) is 0 Å². The van der Waals surface area contributed by atoms with Gasteiger partial charge in [-0.3, -0.25) is 9.80 Å². The summed E-state index contributed by atoms with van der Waals surface area (Å²) < 4.78 is 2.21. The number of benzene rings is 1. The third-order valence-electron chi connectivity index (χ3n) is 4.51. The number of aliphatic hydroxyl groups excluding tert-OH is 1. The molecule has 1 aromatic carbocycles. The smallest absolute Gasteiger partial charge is 0.147 e. The molecule has 0 fully saturated rings. The van der Waals surface area contributed by atoms with Crippen molar-refractivity contribution in [1.82, 2.24) is 24.6 Å². The Labute approximate surface area is 143 Å². The minimum Gasteiger partial charge on any atom is -0.390 e. The van der Waals surface area contributed by atoms with Gasteiger partial charge in [-0.15, -0.1) is 10.2 Å². The van der Waals surface area contributed by atoms with Crippen LogP contribution in [-0.2, 0) is 26.1 Å². The average Bonchev–Trinajstić information content (AvgIpc) is 2.97. The summed E-state index contributed by atoms with van der Waals surface area (Å²) in [7, 11) is 2.05. The minimum atomic E-state index is -0.362. The lowest BCUT2D eigenvalue weighted by atomic mass is 10.2. The number of likely N-dealkylation sites (N-methyl/N-ethyl adjacent to an activating group) is 1. The maximum absolute atomic E-state index is 10.4. The molecule has 0 saturated heterocycles. The number of β-amino-alcohol motifs (C(OH)–C–C–N with tert-alkyl or cyclic N) is 1. The first-order chi connectivity index (χ1) is 11.7. The molecule has 0 aliphatic carbocycles. The molecule has 1 aliphatic heterocycles. The summed E-state index contributed by atoms with van der Waals surface area (Å²) in [5.74, 6) is 2.08. The van der Waals surface area contributed by atoms with Crippen LogP contribution in [0, 0.1) is 0 Å². The van der Waals surface area contributed by atoms with E-state index in [1.54, 1.807) is 0 Å². The highest BCUT2D eigenvalue weighted by molar-refractivity contribution is 5.14. The van der Waals surface area contributed by atoms with E-state index in [1.807, 2.05) is 18.2 Å². The van der Waals surface area contributed by atoms with Gasteiger partial charge in [0, 0.05) is 39.1 Å². The first-order valence-electron chi connectivity index (χ1n) is 8.69. The summed E-state index contributed by atoms with van der Waals surface area (Å²) in [6, 6.07) is 10.4. The highest BCUT2D eigenvalue weighted by atomic mass is 16.3. The van der Waals surface area contributed by atoms with Gasteiger partial charge in [-0.2, -0.15) is 0 Å². The average molecular weight is 329 g/mol. The van der Waals surface area contributed by atoms with Gasteiger partial charge in [-0.25, -0.2) is 0 Å². The molecule has 0 radical (unpaired) electrons. The van der Waals surface area contributed by atoms with Crippen LogP contribution in [0.2, 0.25) is 0 Å². The molecule has 6 heteroatoms. The summed E-state index contributed by atoms with van der Waals surface area (Å²) in [4.78, 5) is 4.44. The summed E-state index contributed by atoms with van der Waals surface area (Å²) in [5, 5.41) is 18.9. The number of hydrogen-bond acceptors (Lipinski definition) is 5. The lowest BCUT2D eigenvalue weighted by molar-refractivity contribution is 0.0686. The Morgan fingerprint density at radius 2 is 2.00 bits per heavy atom. The fraction of sp³-hybridized carbons (Fsp3) is 0.556. The van der Waals surface area contributed by atoms with E-state index < -0.39 is 0 Å². The summed E-state index contributed by atoms with van der Waals surface area (Å²) >= 11 is 0. The van der Waals surface area contributed by atoms with Crippen LogP contribution in [0.3, 0.4) is 0 Å². The third-order valence-corrected chi connectivity index (χ3v) is 4.51. The van der Waals surface area contributed by atoms with Crippen LogP contribution in [0.15, 0.2) is 30.3 Å². The lowest BCUT2D eigenvalue weighted by Crippen LogP contribution is -2.42. The van der Waals surface area contributed by atoms with Crippen molar-refractivity contribution in [3.05, 3.63) is 47.5 Å². The molecule has 130 valence electrons. The van der Waals surface area contributed by atoms with Crippen LogP contribution >= 0.6 is 0 Å². The Hall–Kier alpha value is -1.76. The molecule has 2 heterocycles. The number of aryl methyl sites for hydroxylation is 1. The molecule has 3 rings (SSSR count). The van der Waals surface area contributed by atoms with E-state index in [0.29, 0.717) is 13.1 Å². The van der Waals surface area contributed by atoms with E-state index in [4.69, 9.17) is 0 Å². The Kier molecular flexibility index (Phi) is 5.60. The van der Waals surface area contributed by atoms with Crippen molar-refractivity contribution >= 4 is 0 Å². The molecule has 1 aromatic heterocycles. The quantitative estimate of drug-likeness (QED) is 0.826. The number of rotatable bonds is 7. The number of fused-ring (bicyclic) bond motifs is 1. The molecule has 1 atom stereocenters. The van der Waals surface area contributed by atoms with Gasteiger partial charge in [0.1, 0.15) is 11.6 Å². The van der Waals surface area contributed by atoms with E-state index >= 15 is 0 Å². The van der Waals surface area contributed by atoms with E-state index in [2.05, 4.69) is 50.7 Å². The minimum absolute atomic E-state index is 0.362. The van der Waals surface area contributed by atoms with Gasteiger partial charge in [0.05, 0.1) is 12.6 Å². The molecule has 1 N–H and O–H groups in total. The highest BCUT2D eigenvalue weighted by Crippen LogP contribution is 2.13. The first-order valence-corrected chi connectivity index (χ1v) is 8.69. The lowest BCUT2D eigenvalue weighted by Gasteiger charge is -2.30. The zero-order valence-corrected chi connectivity index (χ0v) is 14.6. The molecule has 2 aromatic rings. The molecule has 0 spiro atoms. The fourth-order valence-corrected chi connectivity index (χ4v) is 3.36. The third kappa shape index (κ3) is 4.20. The second-order valence-electron chi connectivity index (χ2n) is 6.61. The molecule has 0 saturated carbocycles. The van der Waals surface area contributed by atoms with Gasteiger partial charge < -0.3 is 9.67 Å². The monoisotopic (exact) mass is 329 g/mol. The predicted molar refractivity (Wildman–Crippen MR) is 93.5 cm³/mol. The SMILES string of the molecule is CCc1nnc2n1CCN(C[C@@H](O)CN(C)Cc1ccccc1)C2. The Balaban J connectivity index is 1.47. The number of hydrogen-bond donors (Lipinski definition) is 1. The first kappa shape index (κ1) is 17.1. The van der Waals surface area contributed by atoms with Crippen molar-refractivity contribution in [2.45, 2.75) is 39.1 Å². The molecule has 24 heavy (non-hydrogen) atoms. The summed E-state index contributed by atoms with van der Waals surface area (Å²) in [6.45, 7) is 6.93. The number of aromatic nitrogens is 3. The Morgan fingerprint density at radius 1 is 1.21 bits per heavy atom. The topological polar surface area (TPSA) is 57.4 Å². The van der Waals surface area contributed by atoms with Gasteiger partial charge >= 0.3 is 0 Å². The number of aliphatic hydroxyl groups is 1. The van der Waals surface area contributed by atoms with E-state index in [1.165, 1.54) is 5.56 Å². The molecule has 1 aliphatic rings. The largest absolute Gasteiger partial charge is 0.390 e. The van der Waals surface area contributed by atoms with Crippen LogP contribution in [0.1, 0.15) is 24.1 Å². The van der Waals surface area contributed by atoms with Crippen molar-refractivity contribution < 1.29 is 5.11 Å². The second-order valence-corrected chi connectivity index (χ2v) is 6.61. The standard InChI is InChI=1S/C18H27N5O/c1-3-17-19-20-18-14-22(9-10-23(17)18)13-16(24)12-21(2)11-15-7-5-4-6-8-15/h4-8,16,24H,3,9-14H2,1-2H3/t16-/m0/s1. The summed E-state index contributed by atoms with van der Waals surface area (Å²) in [6.07, 6.45) is 0.554. The zero-order valence-electron chi connectivity index (χ0n) is 14.6. The van der Waals surface area contributed by atoms with E-state index in [-0.39, 0.29) is 6.10 Å². The van der Waals surface area contributed by atoms with Crippen LogP contribution in [-0.4, -0.2) is 62.5 Å². The van der Waals surface area contributed by atoms with Crippen LogP contribution in [0.4, 0.5) is 0 Å². The molecule has 0 bridgehead atoms. The molecule has 6 nitrogen and oxygen atoms in total. The van der Waals surface area contributed by atoms with Crippen molar-refractivity contribution in [3.8, 4) is 0 Å². The van der Waals surface area contributed by atoms with Crippen molar-refractivity contribution in [1.29, 1.82) is 0 Å². The van der Waals surface area contributed by atoms with E-state index in [9.17, 15) is 5.11 Å². The Bertz CT molecular complexity index is 642. The van der Waals surface area contributed by atoms with Crippen LogP contribution < -0.4 is 0 Å². The normalized spacial score (nSPS) is 16.3. The van der Waals surface area contributed by atoms with E-state index in [0.717, 1.165) is 44.2 Å². The second kappa shape index (κ2) is 7.88.